The van der Waals surface area contributed by atoms with Crippen LogP contribution in [0.2, 0.25) is 5.02 Å². The van der Waals surface area contributed by atoms with Gasteiger partial charge >= 0.3 is 0 Å². The number of nitrogens with zero attached hydrogens (tertiary/aromatic N) is 2. The highest BCUT2D eigenvalue weighted by molar-refractivity contribution is 7.92. The lowest BCUT2D eigenvalue weighted by molar-refractivity contribution is 0.121. The Kier molecular flexibility index (Phi) is 4.24. The van der Waals surface area contributed by atoms with Gasteiger partial charge in [0.05, 0.1) is 5.69 Å². The summed E-state index contributed by atoms with van der Waals surface area (Å²) in [5, 5.41) is 2.66. The average Bonchev–Trinajstić information content (AvgIpc) is 2.48. The number of sulfonamides is 1. The number of aromatic nitrogens is 1. The molecule has 11 heteroatoms. The zero-order valence-corrected chi connectivity index (χ0v) is 15.3. The fourth-order valence-corrected chi connectivity index (χ4v) is 4.80. The number of nitrogens with one attached hydrogen (secondary N) is 2. The van der Waals surface area contributed by atoms with Crippen LogP contribution >= 0.6 is 11.6 Å². The van der Waals surface area contributed by atoms with Crippen molar-refractivity contribution < 1.29 is 21.6 Å². The highest BCUT2D eigenvalue weighted by Crippen LogP contribution is 2.42. The first-order chi connectivity index (χ1) is 12.7. The molecule has 1 aromatic carbocycles. The van der Waals surface area contributed by atoms with Gasteiger partial charge in [0, 0.05) is 37.7 Å². The van der Waals surface area contributed by atoms with Gasteiger partial charge in [0.15, 0.2) is 10.7 Å². The quantitative estimate of drug-likeness (QED) is 0.589. The molecular formula is C16H14ClF3N4O2S. The lowest BCUT2D eigenvalue weighted by Gasteiger charge is -2.57. The molecule has 0 amide bonds. The van der Waals surface area contributed by atoms with Crippen LogP contribution in [0.1, 0.15) is 0 Å². The minimum atomic E-state index is -4.70. The van der Waals surface area contributed by atoms with E-state index in [2.05, 4.69) is 10.3 Å². The maximum Gasteiger partial charge on any atom is 0.268 e. The van der Waals surface area contributed by atoms with Crippen molar-refractivity contribution in [3.8, 4) is 0 Å². The number of benzene rings is 1. The molecule has 1 aromatic heterocycles. The van der Waals surface area contributed by atoms with Crippen LogP contribution < -0.4 is 14.9 Å². The molecule has 2 N–H and O–H groups in total. The average molecular weight is 419 g/mol. The SMILES string of the molecule is O=S(=O)(Nc1cccc(F)n1)c1c(F)cc(N2CC3(CNC3)C2)c(Cl)c1F. The van der Waals surface area contributed by atoms with Gasteiger partial charge in [0.25, 0.3) is 10.0 Å². The maximum absolute atomic E-state index is 14.7. The summed E-state index contributed by atoms with van der Waals surface area (Å²) in [7, 11) is -4.70. The van der Waals surface area contributed by atoms with Crippen LogP contribution in [0.15, 0.2) is 29.2 Å². The van der Waals surface area contributed by atoms with Crippen LogP contribution in [0, 0.1) is 23.0 Å². The van der Waals surface area contributed by atoms with Gasteiger partial charge in [-0.3, -0.25) is 4.72 Å². The van der Waals surface area contributed by atoms with Gasteiger partial charge in [-0.15, -0.1) is 0 Å². The molecular weight excluding hydrogens is 405 g/mol. The lowest BCUT2D eigenvalue weighted by Crippen LogP contribution is -2.71. The van der Waals surface area contributed by atoms with Crippen molar-refractivity contribution in [1.82, 2.24) is 10.3 Å². The zero-order valence-electron chi connectivity index (χ0n) is 13.8. The maximum atomic E-state index is 14.7. The first kappa shape index (κ1) is 18.3. The van der Waals surface area contributed by atoms with Crippen LogP contribution in [0.3, 0.4) is 0 Å². The Morgan fingerprint density at radius 3 is 2.52 bits per heavy atom. The van der Waals surface area contributed by atoms with Crippen molar-refractivity contribution >= 4 is 33.1 Å². The number of rotatable bonds is 4. The van der Waals surface area contributed by atoms with E-state index < -0.39 is 43.3 Å². The van der Waals surface area contributed by atoms with E-state index in [1.807, 2.05) is 4.72 Å². The smallest absolute Gasteiger partial charge is 0.268 e. The lowest BCUT2D eigenvalue weighted by atomic mass is 9.74. The molecule has 0 bridgehead atoms. The first-order valence-corrected chi connectivity index (χ1v) is 9.85. The normalized spacial score (nSPS) is 18.1. The van der Waals surface area contributed by atoms with Crippen molar-refractivity contribution in [3.63, 3.8) is 0 Å². The van der Waals surface area contributed by atoms with E-state index in [-0.39, 0.29) is 11.1 Å². The van der Waals surface area contributed by atoms with Crippen LogP contribution in [0.5, 0.6) is 0 Å². The van der Waals surface area contributed by atoms with Crippen molar-refractivity contribution in [2.45, 2.75) is 4.90 Å². The summed E-state index contributed by atoms with van der Waals surface area (Å²) in [5.74, 6) is -4.04. The molecule has 0 atom stereocenters. The van der Waals surface area contributed by atoms with E-state index in [9.17, 15) is 21.6 Å². The van der Waals surface area contributed by atoms with Gasteiger partial charge < -0.3 is 10.2 Å². The third-order valence-electron chi connectivity index (χ3n) is 4.71. The molecule has 0 unspecified atom stereocenters. The summed E-state index contributed by atoms with van der Waals surface area (Å²) in [5.41, 5.74) is 0.193. The molecule has 0 saturated carbocycles. The fourth-order valence-electron chi connectivity index (χ4n) is 3.33. The Bertz CT molecular complexity index is 1020. The van der Waals surface area contributed by atoms with Gasteiger partial charge in [-0.2, -0.15) is 4.39 Å². The summed E-state index contributed by atoms with van der Waals surface area (Å²) in [4.78, 5) is 3.78. The second kappa shape index (κ2) is 6.25. The summed E-state index contributed by atoms with van der Waals surface area (Å²) in [6, 6.07) is 4.26. The summed E-state index contributed by atoms with van der Waals surface area (Å²) in [6.07, 6.45) is 0. The van der Waals surface area contributed by atoms with E-state index in [0.29, 0.717) is 13.1 Å². The summed E-state index contributed by atoms with van der Waals surface area (Å²) < 4.78 is 69.0. The Morgan fingerprint density at radius 2 is 1.93 bits per heavy atom. The molecule has 2 aromatic rings. The predicted octanol–water partition coefficient (Wildman–Crippen LogP) is 2.36. The largest absolute Gasteiger partial charge is 0.369 e. The van der Waals surface area contributed by atoms with E-state index in [4.69, 9.17) is 11.6 Å². The van der Waals surface area contributed by atoms with Gasteiger partial charge in [-0.25, -0.2) is 22.2 Å². The van der Waals surface area contributed by atoms with Crippen molar-refractivity contribution in [3.05, 3.63) is 46.9 Å². The van der Waals surface area contributed by atoms with Gasteiger partial charge in [-0.1, -0.05) is 17.7 Å². The number of hydrogen-bond acceptors (Lipinski definition) is 5. The molecule has 1 spiro atoms. The number of anilines is 2. The fraction of sp³-hybridized carbons (Fsp3) is 0.312. The third kappa shape index (κ3) is 3.11. The van der Waals surface area contributed by atoms with Crippen LogP contribution in [-0.4, -0.2) is 39.6 Å². The second-order valence-electron chi connectivity index (χ2n) is 6.75. The Balaban J connectivity index is 1.66. The Morgan fingerprint density at radius 1 is 1.22 bits per heavy atom. The molecule has 27 heavy (non-hydrogen) atoms. The highest BCUT2D eigenvalue weighted by Gasteiger charge is 2.48. The third-order valence-corrected chi connectivity index (χ3v) is 6.46. The first-order valence-electron chi connectivity index (χ1n) is 7.99. The van der Waals surface area contributed by atoms with Gasteiger partial charge in [-0.05, 0) is 12.1 Å². The van der Waals surface area contributed by atoms with Gasteiger partial charge in [0.2, 0.25) is 5.95 Å². The number of pyridine rings is 1. The second-order valence-corrected chi connectivity index (χ2v) is 8.74. The van der Waals surface area contributed by atoms with E-state index >= 15 is 0 Å². The summed E-state index contributed by atoms with van der Waals surface area (Å²) in [6.45, 7) is 2.80. The highest BCUT2D eigenvalue weighted by atomic mass is 35.5. The number of hydrogen-bond donors (Lipinski definition) is 2. The van der Waals surface area contributed by atoms with E-state index in [1.54, 1.807) is 4.90 Å². The van der Waals surface area contributed by atoms with Crippen LogP contribution in [-0.2, 0) is 10.0 Å². The molecule has 4 rings (SSSR count). The number of halogens is 4. The minimum absolute atomic E-state index is 0.0889. The Hall–Kier alpha value is -2.04. The van der Waals surface area contributed by atoms with Gasteiger partial charge in [0.1, 0.15) is 16.7 Å². The van der Waals surface area contributed by atoms with Crippen molar-refractivity contribution in [2.24, 2.45) is 5.41 Å². The molecule has 6 nitrogen and oxygen atoms in total. The standard InChI is InChI=1S/C16H14ClF3N4O2S/c17-13-10(24-7-16(8-24)5-21-6-16)4-9(18)15(14(13)20)27(25,26)23-12-3-1-2-11(19)22-12/h1-4,21H,5-8H2,(H,22,23). The predicted molar refractivity (Wildman–Crippen MR) is 93.9 cm³/mol. The molecule has 2 saturated heterocycles. The minimum Gasteiger partial charge on any atom is -0.369 e. The van der Waals surface area contributed by atoms with Crippen LogP contribution in [0.25, 0.3) is 0 Å². The van der Waals surface area contributed by atoms with Crippen molar-refractivity contribution in [2.75, 3.05) is 35.8 Å². The Labute approximate surface area is 158 Å². The molecule has 0 aliphatic carbocycles. The van der Waals surface area contributed by atoms with E-state index in [0.717, 1.165) is 31.3 Å². The molecule has 2 aliphatic rings. The summed E-state index contributed by atoms with van der Waals surface area (Å²) >= 11 is 6.00. The molecule has 144 valence electrons. The van der Waals surface area contributed by atoms with Crippen molar-refractivity contribution in [1.29, 1.82) is 0 Å². The topological polar surface area (TPSA) is 74.3 Å². The molecule has 2 aliphatic heterocycles. The van der Waals surface area contributed by atoms with Crippen LogP contribution in [0.4, 0.5) is 24.7 Å². The zero-order chi connectivity index (χ0) is 19.4. The molecule has 3 heterocycles. The van der Waals surface area contributed by atoms with E-state index in [1.165, 1.54) is 6.07 Å². The molecule has 2 fully saturated rings. The monoisotopic (exact) mass is 418 g/mol. The molecule has 0 radical (unpaired) electrons.